The summed E-state index contributed by atoms with van der Waals surface area (Å²) in [5.74, 6) is -0.0252. The monoisotopic (exact) mass is 348 g/mol. The average molecular weight is 349 g/mol. The second-order valence-electron chi connectivity index (χ2n) is 5.23. The number of hydrogen-bond acceptors (Lipinski definition) is 5. The zero-order valence-corrected chi connectivity index (χ0v) is 14.1. The highest BCUT2D eigenvalue weighted by atomic mass is 35.5. The van der Waals surface area contributed by atoms with E-state index in [0.717, 1.165) is 11.8 Å². The van der Waals surface area contributed by atoms with Gasteiger partial charge in [0.25, 0.3) is 0 Å². The van der Waals surface area contributed by atoms with Gasteiger partial charge in [0.15, 0.2) is 11.6 Å². The number of aromatic nitrogens is 1. The van der Waals surface area contributed by atoms with Gasteiger partial charge in [-0.1, -0.05) is 17.7 Å². The lowest BCUT2D eigenvalue weighted by molar-refractivity contribution is 0.226. The first-order valence-corrected chi connectivity index (χ1v) is 7.56. The minimum Gasteiger partial charge on any atom is -0.482 e. The first kappa shape index (κ1) is 17.7. The molecule has 0 bridgehead atoms. The van der Waals surface area contributed by atoms with Gasteiger partial charge in [-0.3, -0.25) is 0 Å². The Morgan fingerprint density at radius 2 is 2.17 bits per heavy atom. The summed E-state index contributed by atoms with van der Waals surface area (Å²) < 4.78 is 19.6. The highest BCUT2D eigenvalue weighted by Gasteiger charge is 2.19. The molecule has 1 aromatic heterocycles. The molecule has 0 saturated carbocycles. The summed E-state index contributed by atoms with van der Waals surface area (Å²) in [4.78, 5) is 4.05. The van der Waals surface area contributed by atoms with Gasteiger partial charge in [0.1, 0.15) is 11.9 Å². The molecule has 7 heteroatoms. The summed E-state index contributed by atoms with van der Waals surface area (Å²) in [6.07, 6.45) is 3.35. The Morgan fingerprint density at radius 3 is 2.79 bits per heavy atom. The number of halogens is 2. The van der Waals surface area contributed by atoms with Crippen molar-refractivity contribution in [2.75, 3.05) is 5.73 Å². The predicted molar refractivity (Wildman–Crippen MR) is 94.8 cm³/mol. The van der Waals surface area contributed by atoms with E-state index in [1.54, 1.807) is 19.1 Å². The smallest absolute Gasteiger partial charge is 0.166 e. The number of pyridine rings is 1. The standard InChI is InChI=1S/C17H18ClFN4O/c1-9-3-4-13(19)16(18)15(9)10(2)24-14-5-11(8-23-17(14)22)12(6-20)7-21/h3-8,10,20H,21H2,1-2H3,(H2,22,23)/b12-7+,20-6?. The van der Waals surface area contributed by atoms with Crippen molar-refractivity contribution in [2.45, 2.75) is 20.0 Å². The van der Waals surface area contributed by atoms with Crippen molar-refractivity contribution in [3.8, 4) is 5.75 Å². The topological polar surface area (TPSA) is 98.0 Å². The Hall–Kier alpha value is -2.60. The van der Waals surface area contributed by atoms with Crippen LogP contribution in [0.3, 0.4) is 0 Å². The highest BCUT2D eigenvalue weighted by Crippen LogP contribution is 2.34. The maximum atomic E-state index is 13.7. The number of ether oxygens (including phenoxy) is 1. The number of hydrogen-bond donors (Lipinski definition) is 3. The summed E-state index contributed by atoms with van der Waals surface area (Å²) >= 11 is 6.07. The lowest BCUT2D eigenvalue weighted by Gasteiger charge is -2.20. The first-order valence-electron chi connectivity index (χ1n) is 7.18. The van der Waals surface area contributed by atoms with Gasteiger partial charge < -0.3 is 21.6 Å². The summed E-state index contributed by atoms with van der Waals surface area (Å²) in [5.41, 5.74) is 13.7. The second kappa shape index (κ2) is 7.31. The second-order valence-corrected chi connectivity index (χ2v) is 5.60. The lowest BCUT2D eigenvalue weighted by atomic mass is 10.0. The van der Waals surface area contributed by atoms with E-state index in [1.165, 1.54) is 18.5 Å². The van der Waals surface area contributed by atoms with E-state index in [2.05, 4.69) is 4.98 Å². The third-order valence-corrected chi connectivity index (χ3v) is 4.00. The molecular formula is C17H18ClFN4O. The molecule has 1 atom stereocenters. The van der Waals surface area contributed by atoms with Gasteiger partial charge in [0.2, 0.25) is 0 Å². The molecule has 2 rings (SSSR count). The summed E-state index contributed by atoms with van der Waals surface area (Å²) in [7, 11) is 0. The Labute approximate surface area is 144 Å². The third-order valence-electron chi connectivity index (χ3n) is 3.61. The van der Waals surface area contributed by atoms with Crippen molar-refractivity contribution < 1.29 is 9.13 Å². The molecule has 0 spiro atoms. The number of anilines is 1. The Balaban J connectivity index is 2.39. The average Bonchev–Trinajstić information content (AvgIpc) is 2.55. The van der Waals surface area contributed by atoms with Crippen LogP contribution in [0.15, 0.2) is 30.6 Å². The van der Waals surface area contributed by atoms with Crippen LogP contribution in [0.4, 0.5) is 10.2 Å². The van der Waals surface area contributed by atoms with E-state index in [-0.39, 0.29) is 10.8 Å². The maximum absolute atomic E-state index is 13.7. The largest absolute Gasteiger partial charge is 0.482 e. The van der Waals surface area contributed by atoms with Crippen molar-refractivity contribution in [3.05, 3.63) is 58.1 Å². The molecule has 0 fully saturated rings. The molecule has 1 aromatic carbocycles. The number of nitrogen functional groups attached to an aromatic ring is 1. The number of allylic oxidation sites excluding steroid dienone is 1. The first-order chi connectivity index (χ1) is 11.4. The van der Waals surface area contributed by atoms with Crippen LogP contribution in [0, 0.1) is 18.2 Å². The number of aryl methyl sites for hydroxylation is 1. The summed E-state index contributed by atoms with van der Waals surface area (Å²) in [6.45, 7) is 3.57. The van der Waals surface area contributed by atoms with Gasteiger partial charge >= 0.3 is 0 Å². The van der Waals surface area contributed by atoms with Gasteiger partial charge in [-0.15, -0.1) is 0 Å². The molecule has 0 aliphatic rings. The molecule has 0 aliphatic carbocycles. The van der Waals surface area contributed by atoms with Crippen LogP contribution >= 0.6 is 11.6 Å². The van der Waals surface area contributed by atoms with Crippen molar-refractivity contribution >= 4 is 29.2 Å². The molecule has 1 unspecified atom stereocenters. The SMILES string of the molecule is Cc1ccc(F)c(Cl)c1C(C)Oc1cc(/C(C=N)=C/N)cnc1N. The molecule has 0 radical (unpaired) electrons. The fraction of sp³-hybridized carbons (Fsp3) is 0.176. The number of rotatable bonds is 5. The number of nitrogens with zero attached hydrogens (tertiary/aromatic N) is 1. The molecule has 5 N–H and O–H groups in total. The molecule has 5 nitrogen and oxygen atoms in total. The quantitative estimate of drug-likeness (QED) is 0.714. The van der Waals surface area contributed by atoms with Gasteiger partial charge in [0.05, 0.1) is 5.02 Å². The minimum atomic E-state index is -0.544. The van der Waals surface area contributed by atoms with Crippen LogP contribution in [0.1, 0.15) is 29.7 Å². The van der Waals surface area contributed by atoms with Crippen molar-refractivity contribution in [3.63, 3.8) is 0 Å². The zero-order chi connectivity index (χ0) is 17.9. The summed E-state index contributed by atoms with van der Waals surface area (Å²) in [5, 5.41) is 7.37. The zero-order valence-electron chi connectivity index (χ0n) is 13.3. The molecule has 0 amide bonds. The molecule has 126 valence electrons. The molecular weight excluding hydrogens is 331 g/mol. The van der Waals surface area contributed by atoms with Crippen molar-refractivity contribution in [1.82, 2.24) is 4.98 Å². The number of nitrogens with two attached hydrogens (primary N) is 2. The fourth-order valence-corrected chi connectivity index (χ4v) is 2.71. The Morgan fingerprint density at radius 1 is 1.46 bits per heavy atom. The summed E-state index contributed by atoms with van der Waals surface area (Å²) in [6, 6.07) is 4.58. The van der Waals surface area contributed by atoms with Gasteiger partial charge in [-0.05, 0) is 31.5 Å². The third kappa shape index (κ3) is 3.49. The molecule has 0 saturated heterocycles. The highest BCUT2D eigenvalue weighted by molar-refractivity contribution is 6.31. The van der Waals surface area contributed by atoms with Crippen LogP contribution in [-0.4, -0.2) is 11.2 Å². The van der Waals surface area contributed by atoms with Crippen molar-refractivity contribution in [1.29, 1.82) is 5.41 Å². The predicted octanol–water partition coefficient (Wildman–Crippen LogP) is 3.85. The van der Waals surface area contributed by atoms with E-state index < -0.39 is 11.9 Å². The van der Waals surface area contributed by atoms with Gasteiger partial charge in [-0.2, -0.15) is 0 Å². The molecule has 24 heavy (non-hydrogen) atoms. The Kier molecular flexibility index (Phi) is 5.41. The Bertz CT molecular complexity index is 807. The molecule has 0 aliphatic heterocycles. The number of nitrogens with one attached hydrogen (secondary N) is 1. The van der Waals surface area contributed by atoms with E-state index in [1.807, 2.05) is 6.92 Å². The van der Waals surface area contributed by atoms with Crippen LogP contribution in [-0.2, 0) is 0 Å². The van der Waals surface area contributed by atoms with Crippen LogP contribution < -0.4 is 16.2 Å². The fourth-order valence-electron chi connectivity index (χ4n) is 2.35. The normalized spacial score (nSPS) is 12.8. The number of benzene rings is 1. The van der Waals surface area contributed by atoms with Gasteiger partial charge in [-0.25, -0.2) is 9.37 Å². The minimum absolute atomic E-state index is 0.0206. The van der Waals surface area contributed by atoms with Crippen LogP contribution in [0.25, 0.3) is 5.57 Å². The van der Waals surface area contributed by atoms with E-state index in [0.29, 0.717) is 22.4 Å². The van der Waals surface area contributed by atoms with Crippen LogP contribution in [0.2, 0.25) is 5.02 Å². The van der Waals surface area contributed by atoms with E-state index in [4.69, 9.17) is 33.2 Å². The van der Waals surface area contributed by atoms with Crippen molar-refractivity contribution in [2.24, 2.45) is 5.73 Å². The maximum Gasteiger partial charge on any atom is 0.166 e. The van der Waals surface area contributed by atoms with Crippen LogP contribution in [0.5, 0.6) is 5.75 Å². The van der Waals surface area contributed by atoms with E-state index >= 15 is 0 Å². The van der Waals surface area contributed by atoms with Gasteiger partial charge in [0, 0.05) is 35.3 Å². The molecule has 1 heterocycles. The van der Waals surface area contributed by atoms with E-state index in [9.17, 15) is 4.39 Å². The lowest BCUT2D eigenvalue weighted by Crippen LogP contribution is -2.09. The molecule has 2 aromatic rings.